The molecule has 3 nitrogen and oxygen atoms in total. The largest absolute Gasteiger partial charge is 0.308 e. The second-order valence-corrected chi connectivity index (χ2v) is 5.08. The molecule has 0 fully saturated rings. The molecule has 0 bridgehead atoms. The van der Waals surface area contributed by atoms with Crippen molar-refractivity contribution >= 4 is 0 Å². The lowest BCUT2D eigenvalue weighted by atomic mass is 10.1. The van der Waals surface area contributed by atoms with E-state index in [0.717, 1.165) is 25.1 Å². The molecule has 0 aliphatic heterocycles. The molecule has 1 heterocycles. The Balaban J connectivity index is 1.86. The lowest BCUT2D eigenvalue weighted by molar-refractivity contribution is 0.525. The third-order valence-corrected chi connectivity index (χ3v) is 3.41. The van der Waals surface area contributed by atoms with Gasteiger partial charge in [-0.2, -0.15) is 5.10 Å². The molecular weight excluding hydrogens is 234 g/mol. The lowest BCUT2D eigenvalue weighted by Gasteiger charge is -2.13. The number of hydrogen-bond donors (Lipinski definition) is 1. The van der Waals surface area contributed by atoms with Crippen LogP contribution in [0.4, 0.5) is 0 Å². The van der Waals surface area contributed by atoms with Crippen molar-refractivity contribution in [2.24, 2.45) is 7.05 Å². The van der Waals surface area contributed by atoms with E-state index in [-0.39, 0.29) is 0 Å². The molecule has 2 rings (SSSR count). The molecule has 0 aliphatic rings. The maximum absolute atomic E-state index is 4.47. The second-order valence-electron chi connectivity index (χ2n) is 5.08. The van der Waals surface area contributed by atoms with Crippen LogP contribution in [0.2, 0.25) is 0 Å². The molecule has 0 amide bonds. The van der Waals surface area contributed by atoms with Crippen LogP contribution >= 0.6 is 0 Å². The molecule has 0 radical (unpaired) electrons. The predicted octanol–water partition coefficient (Wildman–Crippen LogP) is 2.70. The highest BCUT2D eigenvalue weighted by Crippen LogP contribution is 2.06. The van der Waals surface area contributed by atoms with Gasteiger partial charge in [-0.05, 0) is 31.4 Å². The highest BCUT2D eigenvalue weighted by Gasteiger charge is 2.06. The smallest absolute Gasteiger partial charge is 0.0625 e. The first kappa shape index (κ1) is 13.8. The number of benzene rings is 1. The molecule has 3 heteroatoms. The average molecular weight is 257 g/mol. The summed E-state index contributed by atoms with van der Waals surface area (Å²) in [5, 5.41) is 8.03. The maximum atomic E-state index is 4.47. The van der Waals surface area contributed by atoms with Crippen LogP contribution in [0.25, 0.3) is 0 Å². The van der Waals surface area contributed by atoms with E-state index in [9.17, 15) is 0 Å². The lowest BCUT2D eigenvalue weighted by Crippen LogP contribution is -2.28. The molecule has 1 N–H and O–H groups in total. The first-order valence-corrected chi connectivity index (χ1v) is 6.98. The Hall–Kier alpha value is -1.61. The van der Waals surface area contributed by atoms with Gasteiger partial charge in [-0.3, -0.25) is 4.68 Å². The standard InChI is InChI=1S/C16H23N3/c1-4-15-11-16(19(3)18-15)12-17-13(2)10-14-8-6-5-7-9-14/h5-9,11,13,17H,4,10,12H2,1-3H3. The van der Waals surface area contributed by atoms with E-state index in [4.69, 9.17) is 0 Å². The summed E-state index contributed by atoms with van der Waals surface area (Å²) in [7, 11) is 2.01. The second kappa shape index (κ2) is 6.53. The van der Waals surface area contributed by atoms with Crippen LogP contribution in [0.3, 0.4) is 0 Å². The first-order valence-electron chi connectivity index (χ1n) is 6.98. The number of hydrogen-bond acceptors (Lipinski definition) is 2. The fourth-order valence-corrected chi connectivity index (χ4v) is 2.23. The molecule has 0 saturated carbocycles. The van der Waals surface area contributed by atoms with Gasteiger partial charge in [0.1, 0.15) is 0 Å². The Kier molecular flexibility index (Phi) is 4.74. The molecule has 1 aromatic heterocycles. The van der Waals surface area contributed by atoms with E-state index in [1.165, 1.54) is 11.3 Å². The summed E-state index contributed by atoms with van der Waals surface area (Å²) in [6.45, 7) is 5.24. The van der Waals surface area contributed by atoms with E-state index >= 15 is 0 Å². The van der Waals surface area contributed by atoms with Crippen LogP contribution in [0.5, 0.6) is 0 Å². The summed E-state index contributed by atoms with van der Waals surface area (Å²) in [5.74, 6) is 0. The van der Waals surface area contributed by atoms with E-state index in [1.807, 2.05) is 11.7 Å². The molecule has 19 heavy (non-hydrogen) atoms. The highest BCUT2D eigenvalue weighted by atomic mass is 15.3. The van der Waals surface area contributed by atoms with E-state index in [2.05, 4.69) is 60.7 Å². The zero-order chi connectivity index (χ0) is 13.7. The third kappa shape index (κ3) is 3.93. The van der Waals surface area contributed by atoms with Gasteiger partial charge in [0, 0.05) is 19.6 Å². The van der Waals surface area contributed by atoms with E-state index < -0.39 is 0 Å². The molecule has 102 valence electrons. The van der Waals surface area contributed by atoms with Gasteiger partial charge >= 0.3 is 0 Å². The Morgan fingerprint density at radius 2 is 2.00 bits per heavy atom. The zero-order valence-electron chi connectivity index (χ0n) is 12.1. The molecule has 0 aliphatic carbocycles. The minimum Gasteiger partial charge on any atom is -0.308 e. The minimum atomic E-state index is 0.461. The summed E-state index contributed by atoms with van der Waals surface area (Å²) < 4.78 is 1.97. The fraction of sp³-hybridized carbons (Fsp3) is 0.438. The van der Waals surface area contributed by atoms with Crippen molar-refractivity contribution in [3.63, 3.8) is 0 Å². The van der Waals surface area contributed by atoms with Crippen molar-refractivity contribution in [3.8, 4) is 0 Å². The van der Waals surface area contributed by atoms with Gasteiger partial charge in [0.05, 0.1) is 11.4 Å². The summed E-state index contributed by atoms with van der Waals surface area (Å²) in [5.41, 5.74) is 3.79. The Morgan fingerprint density at radius 1 is 1.26 bits per heavy atom. The van der Waals surface area contributed by atoms with Gasteiger partial charge in [0.15, 0.2) is 0 Å². The average Bonchev–Trinajstić information content (AvgIpc) is 2.78. The number of nitrogens with one attached hydrogen (secondary N) is 1. The van der Waals surface area contributed by atoms with Crippen LogP contribution in [-0.2, 0) is 26.4 Å². The fourth-order valence-electron chi connectivity index (χ4n) is 2.23. The molecule has 1 atom stereocenters. The Labute approximate surface area is 115 Å². The van der Waals surface area contributed by atoms with Crippen LogP contribution in [0.1, 0.15) is 30.8 Å². The number of aromatic nitrogens is 2. The van der Waals surface area contributed by atoms with Crippen molar-refractivity contribution in [1.82, 2.24) is 15.1 Å². The van der Waals surface area contributed by atoms with Gasteiger partial charge in [-0.15, -0.1) is 0 Å². The normalized spacial score (nSPS) is 12.6. The first-order chi connectivity index (χ1) is 9.19. The van der Waals surface area contributed by atoms with Crippen LogP contribution in [0, 0.1) is 0 Å². The van der Waals surface area contributed by atoms with Crippen molar-refractivity contribution in [3.05, 3.63) is 53.3 Å². The molecule has 0 saturated heterocycles. The maximum Gasteiger partial charge on any atom is 0.0625 e. The Morgan fingerprint density at radius 3 is 2.63 bits per heavy atom. The topological polar surface area (TPSA) is 29.9 Å². The van der Waals surface area contributed by atoms with E-state index in [0.29, 0.717) is 6.04 Å². The summed E-state index contributed by atoms with van der Waals surface area (Å²) in [6, 6.07) is 13.2. The zero-order valence-corrected chi connectivity index (χ0v) is 12.1. The molecule has 1 unspecified atom stereocenters. The van der Waals surface area contributed by atoms with Crippen LogP contribution < -0.4 is 5.32 Å². The molecular formula is C16H23N3. The summed E-state index contributed by atoms with van der Waals surface area (Å²) in [6.07, 6.45) is 2.05. The predicted molar refractivity (Wildman–Crippen MR) is 79.0 cm³/mol. The van der Waals surface area contributed by atoms with Crippen molar-refractivity contribution in [2.75, 3.05) is 0 Å². The van der Waals surface area contributed by atoms with Crippen molar-refractivity contribution in [1.29, 1.82) is 0 Å². The highest BCUT2D eigenvalue weighted by molar-refractivity contribution is 5.16. The monoisotopic (exact) mass is 257 g/mol. The van der Waals surface area contributed by atoms with Crippen LogP contribution in [0.15, 0.2) is 36.4 Å². The summed E-state index contributed by atoms with van der Waals surface area (Å²) >= 11 is 0. The van der Waals surface area contributed by atoms with Gasteiger partial charge in [-0.25, -0.2) is 0 Å². The van der Waals surface area contributed by atoms with Crippen LogP contribution in [-0.4, -0.2) is 15.8 Å². The van der Waals surface area contributed by atoms with Crippen molar-refractivity contribution < 1.29 is 0 Å². The quantitative estimate of drug-likeness (QED) is 0.862. The minimum absolute atomic E-state index is 0.461. The van der Waals surface area contributed by atoms with Gasteiger partial charge in [0.2, 0.25) is 0 Å². The van der Waals surface area contributed by atoms with Gasteiger partial charge in [0.25, 0.3) is 0 Å². The molecule has 1 aromatic carbocycles. The number of rotatable bonds is 6. The van der Waals surface area contributed by atoms with Gasteiger partial charge in [-0.1, -0.05) is 37.3 Å². The van der Waals surface area contributed by atoms with Gasteiger partial charge < -0.3 is 5.32 Å². The number of aryl methyl sites for hydroxylation is 2. The molecule has 2 aromatic rings. The molecule has 0 spiro atoms. The van der Waals surface area contributed by atoms with E-state index in [1.54, 1.807) is 0 Å². The van der Waals surface area contributed by atoms with Crippen molar-refractivity contribution in [2.45, 2.75) is 39.3 Å². The Bertz CT molecular complexity index is 502. The number of nitrogens with zero attached hydrogens (tertiary/aromatic N) is 2. The summed E-state index contributed by atoms with van der Waals surface area (Å²) in [4.78, 5) is 0. The third-order valence-electron chi connectivity index (χ3n) is 3.41. The SMILES string of the molecule is CCc1cc(CNC(C)Cc2ccccc2)n(C)n1.